The van der Waals surface area contributed by atoms with Gasteiger partial charge in [0.25, 0.3) is 5.56 Å². The molecule has 1 aliphatic carbocycles. The van der Waals surface area contributed by atoms with Crippen molar-refractivity contribution in [1.29, 1.82) is 0 Å². The summed E-state index contributed by atoms with van der Waals surface area (Å²) < 4.78 is 1.66. The molecule has 19 heavy (non-hydrogen) atoms. The number of rotatable bonds is 3. The number of fused-ring (bicyclic) bond motifs is 1. The van der Waals surface area contributed by atoms with Gasteiger partial charge >= 0.3 is 0 Å². The van der Waals surface area contributed by atoms with Crippen LogP contribution in [-0.4, -0.2) is 42.9 Å². The van der Waals surface area contributed by atoms with E-state index in [-0.39, 0.29) is 30.6 Å². The van der Waals surface area contributed by atoms with Gasteiger partial charge in [-0.15, -0.1) is 0 Å². The number of nitrogen functional groups attached to an aromatic ring is 1. The first kappa shape index (κ1) is 12.1. The highest BCUT2D eigenvalue weighted by molar-refractivity contribution is 5.71. The van der Waals surface area contributed by atoms with Crippen LogP contribution in [0.5, 0.6) is 0 Å². The number of aliphatic hydroxyl groups excluding tert-OH is 2. The number of nitrogens with one attached hydrogen (secondary N) is 1. The van der Waals surface area contributed by atoms with Crippen molar-refractivity contribution in [3.05, 3.63) is 16.7 Å². The molecule has 5 N–H and O–H groups in total. The smallest absolute Gasteiger partial charge is 0.280 e. The Morgan fingerprint density at radius 2 is 2.37 bits per heavy atom. The van der Waals surface area contributed by atoms with Crippen molar-refractivity contribution >= 4 is 17.1 Å². The molecule has 1 aliphatic rings. The Morgan fingerprint density at radius 1 is 1.58 bits per heavy atom. The fraction of sp³-hybridized carbons (Fsp3) is 0.545. The molecule has 2 aromatic rings. The van der Waals surface area contributed by atoms with Gasteiger partial charge in [-0.25, -0.2) is 4.98 Å². The zero-order valence-electron chi connectivity index (χ0n) is 10.2. The van der Waals surface area contributed by atoms with Crippen LogP contribution in [0.15, 0.2) is 11.1 Å². The maximum absolute atomic E-state index is 11.7. The van der Waals surface area contributed by atoms with Crippen molar-refractivity contribution in [2.24, 2.45) is 5.92 Å². The third-order valence-corrected chi connectivity index (χ3v) is 4.08. The Bertz CT molecular complexity index is 673. The molecule has 1 saturated carbocycles. The van der Waals surface area contributed by atoms with Gasteiger partial charge in [-0.2, -0.15) is 4.98 Å². The molecule has 0 saturated heterocycles. The van der Waals surface area contributed by atoms with E-state index in [2.05, 4.69) is 15.0 Å². The standard InChI is InChI=1S/C11H15N5O3/c12-10-14-8-7(9(19)15-10)13-5-16(8)11(4-18)2-1-6(11)3-17/h5-6,17-18H,1-4H2,(H3,12,14,15,19)/t6-,11-/m0/s1. The van der Waals surface area contributed by atoms with Crippen LogP contribution in [0.1, 0.15) is 12.8 Å². The number of hydrogen-bond acceptors (Lipinski definition) is 6. The minimum atomic E-state index is -0.642. The fourth-order valence-corrected chi connectivity index (χ4v) is 2.80. The van der Waals surface area contributed by atoms with Gasteiger partial charge in [-0.1, -0.05) is 0 Å². The third-order valence-electron chi connectivity index (χ3n) is 4.08. The van der Waals surface area contributed by atoms with Crippen molar-refractivity contribution < 1.29 is 10.2 Å². The van der Waals surface area contributed by atoms with Crippen LogP contribution in [0.2, 0.25) is 0 Å². The number of imidazole rings is 1. The van der Waals surface area contributed by atoms with Crippen molar-refractivity contribution in [1.82, 2.24) is 19.5 Å². The minimum Gasteiger partial charge on any atom is -0.396 e. The zero-order valence-corrected chi connectivity index (χ0v) is 10.2. The SMILES string of the molecule is Nc1nc2c(ncn2[C@]2(CO)CC[C@H]2CO)c(=O)[nH]1. The maximum Gasteiger partial charge on any atom is 0.280 e. The zero-order chi connectivity index (χ0) is 13.6. The maximum atomic E-state index is 11.7. The van der Waals surface area contributed by atoms with E-state index in [0.29, 0.717) is 12.1 Å². The Balaban J connectivity index is 2.23. The first-order valence-corrected chi connectivity index (χ1v) is 6.07. The number of aromatic nitrogens is 4. The minimum absolute atomic E-state index is 0.00668. The predicted molar refractivity (Wildman–Crippen MR) is 67.4 cm³/mol. The number of anilines is 1. The molecule has 8 nitrogen and oxygen atoms in total. The van der Waals surface area contributed by atoms with E-state index >= 15 is 0 Å². The van der Waals surface area contributed by atoms with Gasteiger partial charge in [0.1, 0.15) is 0 Å². The molecule has 0 unspecified atom stereocenters. The Labute approximate surface area is 107 Å². The summed E-state index contributed by atoms with van der Waals surface area (Å²) in [7, 11) is 0. The van der Waals surface area contributed by atoms with Gasteiger partial charge in [-0.05, 0) is 12.8 Å². The average molecular weight is 265 g/mol. The van der Waals surface area contributed by atoms with Crippen LogP contribution in [0, 0.1) is 5.92 Å². The highest BCUT2D eigenvalue weighted by atomic mass is 16.3. The van der Waals surface area contributed by atoms with Crippen LogP contribution in [-0.2, 0) is 5.54 Å². The molecular formula is C11H15N5O3. The van der Waals surface area contributed by atoms with E-state index in [1.807, 2.05) is 0 Å². The number of hydrogen-bond donors (Lipinski definition) is 4. The second kappa shape index (κ2) is 4.04. The first-order valence-electron chi connectivity index (χ1n) is 6.07. The summed E-state index contributed by atoms with van der Waals surface area (Å²) in [5, 5.41) is 19.1. The Morgan fingerprint density at radius 3 is 2.95 bits per heavy atom. The van der Waals surface area contributed by atoms with Gasteiger partial charge in [0.05, 0.1) is 18.5 Å². The van der Waals surface area contributed by atoms with Crippen LogP contribution < -0.4 is 11.3 Å². The molecule has 0 spiro atoms. The second-order valence-electron chi connectivity index (χ2n) is 4.92. The summed E-state index contributed by atoms with van der Waals surface area (Å²) in [6, 6.07) is 0. The highest BCUT2D eigenvalue weighted by Crippen LogP contribution is 2.45. The molecule has 1 fully saturated rings. The lowest BCUT2D eigenvalue weighted by Crippen LogP contribution is -2.53. The third kappa shape index (κ3) is 1.50. The van der Waals surface area contributed by atoms with Crippen molar-refractivity contribution in [3.63, 3.8) is 0 Å². The Kier molecular flexibility index (Phi) is 2.58. The van der Waals surface area contributed by atoms with E-state index in [1.165, 1.54) is 6.33 Å². The molecule has 2 atom stereocenters. The van der Waals surface area contributed by atoms with E-state index in [0.717, 1.165) is 6.42 Å². The second-order valence-corrected chi connectivity index (χ2v) is 4.92. The van der Waals surface area contributed by atoms with Crippen LogP contribution in [0.3, 0.4) is 0 Å². The van der Waals surface area contributed by atoms with Gasteiger partial charge in [0.2, 0.25) is 5.95 Å². The molecule has 0 bridgehead atoms. The quantitative estimate of drug-likeness (QED) is 0.551. The summed E-state index contributed by atoms with van der Waals surface area (Å²) in [6.07, 6.45) is 2.99. The first-order chi connectivity index (χ1) is 9.12. The normalized spacial score (nSPS) is 26.5. The molecule has 0 aliphatic heterocycles. The van der Waals surface area contributed by atoms with E-state index in [4.69, 9.17) is 5.73 Å². The van der Waals surface area contributed by atoms with E-state index < -0.39 is 11.1 Å². The molecular weight excluding hydrogens is 250 g/mol. The van der Waals surface area contributed by atoms with Gasteiger partial charge in [-0.3, -0.25) is 9.78 Å². The molecule has 0 amide bonds. The lowest BCUT2D eigenvalue weighted by Gasteiger charge is -2.48. The van der Waals surface area contributed by atoms with Crippen molar-refractivity contribution in [2.75, 3.05) is 18.9 Å². The van der Waals surface area contributed by atoms with Crippen LogP contribution in [0.4, 0.5) is 5.95 Å². The molecule has 3 rings (SSSR count). The summed E-state index contributed by atoms with van der Waals surface area (Å²) in [4.78, 5) is 22.2. The van der Waals surface area contributed by atoms with Gasteiger partial charge in [0.15, 0.2) is 11.2 Å². The molecule has 0 aromatic carbocycles. The van der Waals surface area contributed by atoms with Gasteiger partial charge in [0, 0.05) is 12.5 Å². The largest absolute Gasteiger partial charge is 0.396 e. The summed E-state index contributed by atoms with van der Waals surface area (Å²) in [6.45, 7) is -0.170. The monoisotopic (exact) mass is 265 g/mol. The molecule has 2 heterocycles. The topological polar surface area (TPSA) is 130 Å². The summed E-state index contributed by atoms with van der Waals surface area (Å²) in [5.74, 6) is -0.0653. The Hall–Kier alpha value is -1.93. The number of H-pyrrole nitrogens is 1. The van der Waals surface area contributed by atoms with Gasteiger partial charge < -0.3 is 20.5 Å². The number of nitrogens with zero attached hydrogens (tertiary/aromatic N) is 3. The molecule has 8 heteroatoms. The van der Waals surface area contributed by atoms with E-state index in [9.17, 15) is 15.0 Å². The van der Waals surface area contributed by atoms with Crippen LogP contribution >= 0.6 is 0 Å². The molecule has 2 aromatic heterocycles. The molecule has 102 valence electrons. The van der Waals surface area contributed by atoms with Crippen molar-refractivity contribution in [2.45, 2.75) is 18.4 Å². The summed E-state index contributed by atoms with van der Waals surface area (Å²) >= 11 is 0. The highest BCUT2D eigenvalue weighted by Gasteiger charge is 2.48. The van der Waals surface area contributed by atoms with Crippen LogP contribution in [0.25, 0.3) is 11.2 Å². The lowest BCUT2D eigenvalue weighted by molar-refractivity contribution is -0.0388. The number of aromatic amines is 1. The summed E-state index contributed by atoms with van der Waals surface area (Å²) in [5.41, 5.74) is 5.02. The molecule has 0 radical (unpaired) electrons. The predicted octanol–water partition coefficient (Wildman–Crippen LogP) is -1.21. The number of aliphatic hydroxyl groups is 2. The van der Waals surface area contributed by atoms with Crippen molar-refractivity contribution in [3.8, 4) is 0 Å². The average Bonchev–Trinajstić information content (AvgIpc) is 2.74. The lowest BCUT2D eigenvalue weighted by atomic mass is 9.67. The number of nitrogens with two attached hydrogens (primary N) is 1. The van der Waals surface area contributed by atoms with E-state index in [1.54, 1.807) is 4.57 Å². The fourth-order valence-electron chi connectivity index (χ4n) is 2.80.